The molecule has 1 heterocycles. The Kier molecular flexibility index (Phi) is 5.40. The predicted octanol–water partition coefficient (Wildman–Crippen LogP) is 3.43. The first-order valence-corrected chi connectivity index (χ1v) is 6.37. The number of nitrogens with zero attached hydrogens (tertiary/aromatic N) is 2. The fraction of sp³-hybridized carbons (Fsp3) is 0.200. The Labute approximate surface area is 92.3 Å². The molecule has 1 aromatic heterocycles. The highest BCUT2D eigenvalue weighted by Gasteiger charge is 1.97. The molecule has 0 saturated carbocycles. The van der Waals surface area contributed by atoms with Gasteiger partial charge in [-0.05, 0) is 46.7 Å². The van der Waals surface area contributed by atoms with Gasteiger partial charge < -0.3 is 0 Å². The second-order valence-electron chi connectivity index (χ2n) is 2.40. The van der Waals surface area contributed by atoms with Gasteiger partial charge in [-0.1, -0.05) is 12.1 Å². The monoisotopic (exact) mass is 224 g/mol. The smallest absolute Gasteiger partial charge is 0.107 e. The number of rotatable bonds is 3. The van der Waals surface area contributed by atoms with E-state index in [1.807, 2.05) is 37.3 Å². The van der Waals surface area contributed by atoms with Gasteiger partial charge in [0.1, 0.15) is 10.1 Å². The van der Waals surface area contributed by atoms with Gasteiger partial charge in [0.25, 0.3) is 0 Å². The number of aliphatic imine (C=N–C) groups is 1. The summed E-state index contributed by atoms with van der Waals surface area (Å²) in [6, 6.07) is 5.88. The van der Waals surface area contributed by atoms with E-state index in [2.05, 4.69) is 9.98 Å². The van der Waals surface area contributed by atoms with Gasteiger partial charge in [-0.3, -0.25) is 4.99 Å². The minimum Gasteiger partial charge on any atom is -0.281 e. The Morgan fingerprint density at radius 2 is 2.36 bits per heavy atom. The van der Waals surface area contributed by atoms with Crippen LogP contribution in [0.2, 0.25) is 0 Å². The molecule has 0 amide bonds. The second-order valence-corrected chi connectivity index (χ2v) is 4.57. The average Bonchev–Trinajstić information content (AvgIpc) is 2.25. The van der Waals surface area contributed by atoms with Gasteiger partial charge in [-0.15, -0.1) is 0 Å². The van der Waals surface area contributed by atoms with Crippen molar-refractivity contribution in [3.8, 4) is 0 Å². The molecule has 0 unspecified atom stereocenters. The van der Waals surface area contributed by atoms with Gasteiger partial charge >= 0.3 is 0 Å². The van der Waals surface area contributed by atoms with Crippen molar-refractivity contribution in [1.29, 1.82) is 0 Å². The van der Waals surface area contributed by atoms with E-state index in [0.29, 0.717) is 0 Å². The quantitative estimate of drug-likeness (QED) is 0.447. The lowest BCUT2D eigenvalue weighted by Gasteiger charge is -1.98. The van der Waals surface area contributed by atoms with E-state index in [9.17, 15) is 0 Å². The van der Waals surface area contributed by atoms with Crippen molar-refractivity contribution < 1.29 is 0 Å². The van der Waals surface area contributed by atoms with Crippen LogP contribution in [0.4, 0.5) is 0 Å². The van der Waals surface area contributed by atoms with Crippen LogP contribution in [-0.2, 0) is 0 Å². The van der Waals surface area contributed by atoms with Crippen molar-refractivity contribution in [3.63, 3.8) is 0 Å². The Morgan fingerprint density at radius 3 is 2.93 bits per heavy atom. The molecule has 74 valence electrons. The van der Waals surface area contributed by atoms with Crippen LogP contribution in [0.5, 0.6) is 0 Å². The molecule has 0 aliphatic carbocycles. The largest absolute Gasteiger partial charge is 0.281 e. The SMILES string of the molecule is C/C=C\C(=NC)SSc1ccccn1. The number of aromatic nitrogens is 1. The van der Waals surface area contributed by atoms with E-state index < -0.39 is 0 Å². The lowest BCUT2D eigenvalue weighted by atomic mass is 10.5. The summed E-state index contributed by atoms with van der Waals surface area (Å²) in [5.74, 6) is 0. The van der Waals surface area contributed by atoms with Gasteiger partial charge in [-0.2, -0.15) is 0 Å². The van der Waals surface area contributed by atoms with Crippen LogP contribution in [0.15, 0.2) is 46.6 Å². The molecular formula is C10H12N2S2. The molecule has 1 rings (SSSR count). The van der Waals surface area contributed by atoms with Gasteiger partial charge in [0, 0.05) is 13.2 Å². The summed E-state index contributed by atoms with van der Waals surface area (Å²) in [6.07, 6.45) is 5.76. The highest BCUT2D eigenvalue weighted by atomic mass is 33.1. The molecule has 0 aromatic carbocycles. The fourth-order valence-electron chi connectivity index (χ4n) is 0.764. The molecule has 14 heavy (non-hydrogen) atoms. The van der Waals surface area contributed by atoms with Crippen LogP contribution in [-0.4, -0.2) is 17.1 Å². The molecule has 0 atom stereocenters. The van der Waals surface area contributed by atoms with Crippen LogP contribution in [0, 0.1) is 0 Å². The Morgan fingerprint density at radius 1 is 1.50 bits per heavy atom. The number of allylic oxidation sites excluding steroid dienone is 1. The summed E-state index contributed by atoms with van der Waals surface area (Å²) in [5.41, 5.74) is 0. The third-order valence-electron chi connectivity index (χ3n) is 1.38. The minimum atomic E-state index is 1.00. The maximum Gasteiger partial charge on any atom is 0.107 e. The number of hydrogen-bond donors (Lipinski definition) is 0. The van der Waals surface area contributed by atoms with Crippen LogP contribution in [0.1, 0.15) is 6.92 Å². The van der Waals surface area contributed by atoms with Crippen molar-refractivity contribution in [2.24, 2.45) is 4.99 Å². The van der Waals surface area contributed by atoms with Crippen molar-refractivity contribution in [1.82, 2.24) is 4.98 Å². The Bertz CT molecular complexity index is 320. The van der Waals surface area contributed by atoms with Gasteiger partial charge in [0.15, 0.2) is 0 Å². The van der Waals surface area contributed by atoms with Crippen LogP contribution >= 0.6 is 21.6 Å². The summed E-state index contributed by atoms with van der Waals surface area (Å²) in [7, 11) is 5.03. The normalized spacial score (nSPS) is 12.3. The highest BCUT2D eigenvalue weighted by Crippen LogP contribution is 2.30. The summed E-state index contributed by atoms with van der Waals surface area (Å²) in [4.78, 5) is 8.35. The standard InChI is InChI=1S/C10H12N2S2/c1-3-6-9(11-2)13-14-10-7-4-5-8-12-10/h3-8H,1-2H3/b6-3-,11-9?. The lowest BCUT2D eigenvalue weighted by molar-refractivity contribution is 1.14. The first kappa shape index (κ1) is 11.3. The van der Waals surface area contributed by atoms with E-state index in [4.69, 9.17) is 0 Å². The van der Waals surface area contributed by atoms with E-state index in [0.717, 1.165) is 10.1 Å². The Hall–Kier alpha value is -0.740. The van der Waals surface area contributed by atoms with Crippen molar-refractivity contribution in [2.45, 2.75) is 11.9 Å². The topological polar surface area (TPSA) is 25.2 Å². The molecule has 0 fully saturated rings. The molecule has 1 aromatic rings. The van der Waals surface area contributed by atoms with Crippen LogP contribution in [0.25, 0.3) is 0 Å². The lowest BCUT2D eigenvalue weighted by Crippen LogP contribution is -1.82. The molecule has 0 aliphatic rings. The third kappa shape index (κ3) is 3.98. The van der Waals surface area contributed by atoms with Crippen LogP contribution in [0.3, 0.4) is 0 Å². The summed E-state index contributed by atoms with van der Waals surface area (Å²) in [5, 5.41) is 2.01. The molecule has 4 heteroatoms. The summed E-state index contributed by atoms with van der Waals surface area (Å²) in [6.45, 7) is 1.98. The first-order chi connectivity index (χ1) is 6.86. The zero-order valence-corrected chi connectivity index (χ0v) is 9.81. The van der Waals surface area contributed by atoms with Crippen molar-refractivity contribution >= 4 is 26.6 Å². The average molecular weight is 224 g/mol. The minimum absolute atomic E-state index is 1.00. The molecule has 0 radical (unpaired) electrons. The van der Waals surface area contributed by atoms with Gasteiger partial charge in [0.2, 0.25) is 0 Å². The molecule has 0 aliphatic heterocycles. The Balaban J connectivity index is 2.48. The van der Waals surface area contributed by atoms with Gasteiger partial charge in [-0.25, -0.2) is 4.98 Å². The van der Waals surface area contributed by atoms with E-state index in [1.54, 1.807) is 34.8 Å². The van der Waals surface area contributed by atoms with Gasteiger partial charge in [0.05, 0.1) is 0 Å². The maximum atomic E-state index is 4.21. The van der Waals surface area contributed by atoms with E-state index >= 15 is 0 Å². The predicted molar refractivity (Wildman–Crippen MR) is 65.9 cm³/mol. The zero-order chi connectivity index (χ0) is 10.2. The van der Waals surface area contributed by atoms with E-state index in [-0.39, 0.29) is 0 Å². The summed E-state index contributed by atoms with van der Waals surface area (Å²) >= 11 is 0. The second kappa shape index (κ2) is 6.68. The molecule has 2 nitrogen and oxygen atoms in total. The molecule has 0 N–H and O–H groups in total. The molecule has 0 saturated heterocycles. The number of pyridine rings is 1. The fourth-order valence-corrected chi connectivity index (χ4v) is 2.64. The third-order valence-corrected chi connectivity index (χ3v) is 3.64. The first-order valence-electron chi connectivity index (χ1n) is 4.22. The summed E-state index contributed by atoms with van der Waals surface area (Å²) < 4.78 is 0. The molecular weight excluding hydrogens is 212 g/mol. The highest BCUT2D eigenvalue weighted by molar-refractivity contribution is 8.82. The zero-order valence-electron chi connectivity index (χ0n) is 8.18. The molecule has 0 bridgehead atoms. The maximum absolute atomic E-state index is 4.21. The van der Waals surface area contributed by atoms with Crippen LogP contribution < -0.4 is 0 Å². The number of hydrogen-bond acceptors (Lipinski definition) is 4. The van der Waals surface area contributed by atoms with Crippen molar-refractivity contribution in [3.05, 3.63) is 36.5 Å². The molecule has 0 spiro atoms. The van der Waals surface area contributed by atoms with E-state index in [1.165, 1.54) is 0 Å². The van der Waals surface area contributed by atoms with Crippen molar-refractivity contribution in [2.75, 3.05) is 7.05 Å².